The standard InChI is InChI=1S/C17H18N6O4/c1-21-6-3-4-11(15(21)24)19-17(26)23-10-5-7-22(9-10)12-8-18-13(16(25)27-2)20-14(12)23/h3-6,8,12,14H,7,9H2,1-2H3,(H,19,26). The highest BCUT2D eigenvalue weighted by Gasteiger charge is 2.45. The maximum atomic E-state index is 13.0. The van der Waals surface area contributed by atoms with Crippen molar-refractivity contribution in [2.24, 2.45) is 17.0 Å². The Kier molecular flexibility index (Phi) is 4.11. The van der Waals surface area contributed by atoms with Crippen molar-refractivity contribution in [1.82, 2.24) is 14.4 Å². The molecule has 1 saturated heterocycles. The van der Waals surface area contributed by atoms with E-state index in [1.165, 1.54) is 16.6 Å². The summed E-state index contributed by atoms with van der Waals surface area (Å²) >= 11 is 0. The molecule has 0 aromatic carbocycles. The number of carbonyl (C=O) groups is 2. The van der Waals surface area contributed by atoms with E-state index in [0.717, 1.165) is 5.70 Å². The van der Waals surface area contributed by atoms with Crippen LogP contribution in [-0.4, -0.2) is 70.8 Å². The van der Waals surface area contributed by atoms with Gasteiger partial charge in [0.05, 0.1) is 13.2 Å². The second-order valence-corrected chi connectivity index (χ2v) is 6.39. The van der Waals surface area contributed by atoms with Crippen molar-refractivity contribution in [3.63, 3.8) is 0 Å². The van der Waals surface area contributed by atoms with E-state index in [0.29, 0.717) is 13.1 Å². The molecule has 2 amide bonds. The SMILES string of the molecule is COC(=O)C1=NC2C(C=N1)N1CC=C(C1)N2C(=O)Nc1cccn(C)c1=O. The van der Waals surface area contributed by atoms with Crippen molar-refractivity contribution in [2.75, 3.05) is 25.5 Å². The van der Waals surface area contributed by atoms with Gasteiger partial charge in [-0.3, -0.25) is 14.6 Å². The molecule has 0 saturated carbocycles. The average Bonchev–Trinajstić information content (AvgIpc) is 3.09. The molecule has 0 spiro atoms. The molecule has 3 unspecified atom stereocenters. The zero-order valence-electron chi connectivity index (χ0n) is 14.8. The number of anilines is 1. The number of hydrogen-bond donors (Lipinski definition) is 1. The van der Waals surface area contributed by atoms with Crippen molar-refractivity contribution < 1.29 is 14.3 Å². The first-order valence-electron chi connectivity index (χ1n) is 8.39. The second kappa shape index (κ2) is 6.47. The van der Waals surface area contributed by atoms with E-state index < -0.39 is 18.2 Å². The van der Waals surface area contributed by atoms with Crippen LogP contribution in [0.1, 0.15) is 0 Å². The van der Waals surface area contributed by atoms with Gasteiger partial charge in [0.1, 0.15) is 5.69 Å². The molecule has 4 heterocycles. The van der Waals surface area contributed by atoms with Crippen molar-refractivity contribution >= 4 is 29.7 Å². The largest absolute Gasteiger partial charge is 0.463 e. The molecule has 2 bridgehead atoms. The summed E-state index contributed by atoms with van der Waals surface area (Å²) in [4.78, 5) is 49.0. The van der Waals surface area contributed by atoms with E-state index >= 15 is 0 Å². The summed E-state index contributed by atoms with van der Waals surface area (Å²) in [5.41, 5.74) is 0.624. The number of methoxy groups -OCH3 is 1. The number of carbonyl (C=O) groups excluding carboxylic acids is 2. The molecule has 10 nitrogen and oxygen atoms in total. The lowest BCUT2D eigenvalue weighted by atomic mass is 10.1. The molecule has 0 aliphatic carbocycles. The van der Waals surface area contributed by atoms with E-state index in [4.69, 9.17) is 0 Å². The van der Waals surface area contributed by atoms with Crippen LogP contribution in [0.15, 0.2) is 44.9 Å². The van der Waals surface area contributed by atoms with E-state index in [9.17, 15) is 14.4 Å². The number of piperazine rings is 1. The number of amides is 2. The van der Waals surface area contributed by atoms with Crippen LogP contribution in [0.2, 0.25) is 0 Å². The fourth-order valence-corrected chi connectivity index (χ4v) is 3.40. The van der Waals surface area contributed by atoms with Crippen molar-refractivity contribution in [3.05, 3.63) is 40.5 Å². The number of esters is 1. The fraction of sp³-hybridized carbons (Fsp3) is 0.353. The quantitative estimate of drug-likeness (QED) is 0.724. The van der Waals surface area contributed by atoms with E-state index in [1.807, 2.05) is 6.08 Å². The number of aliphatic imine (C=N–C) groups is 2. The Hall–Kier alpha value is -3.27. The van der Waals surface area contributed by atoms with Gasteiger partial charge in [0.25, 0.3) is 5.56 Å². The van der Waals surface area contributed by atoms with Crippen LogP contribution in [0.25, 0.3) is 0 Å². The molecule has 3 atom stereocenters. The molecule has 1 aromatic rings. The van der Waals surface area contributed by atoms with Crippen LogP contribution in [0.5, 0.6) is 0 Å². The minimum absolute atomic E-state index is 0.0877. The Bertz CT molecular complexity index is 962. The Balaban J connectivity index is 1.67. The molecule has 1 aromatic heterocycles. The van der Waals surface area contributed by atoms with E-state index in [1.54, 1.807) is 31.6 Å². The molecular weight excluding hydrogens is 352 g/mol. The summed E-state index contributed by atoms with van der Waals surface area (Å²) in [6, 6.07) is 2.48. The van der Waals surface area contributed by atoms with Crippen LogP contribution in [0.3, 0.4) is 0 Å². The predicted molar refractivity (Wildman–Crippen MR) is 97.7 cm³/mol. The number of amidine groups is 1. The Morgan fingerprint density at radius 2 is 2.19 bits per heavy atom. The number of aromatic nitrogens is 1. The van der Waals surface area contributed by atoms with Gasteiger partial charge in [0.2, 0.25) is 5.84 Å². The minimum atomic E-state index is -0.663. The first-order chi connectivity index (χ1) is 13.0. The van der Waals surface area contributed by atoms with Gasteiger partial charge in [0, 0.05) is 38.2 Å². The van der Waals surface area contributed by atoms with Gasteiger partial charge >= 0.3 is 12.0 Å². The fourth-order valence-electron chi connectivity index (χ4n) is 3.40. The number of nitrogens with zero attached hydrogens (tertiary/aromatic N) is 5. The smallest absolute Gasteiger partial charge is 0.375 e. The highest BCUT2D eigenvalue weighted by molar-refractivity contribution is 6.37. The molecule has 1 fully saturated rings. The zero-order valence-corrected chi connectivity index (χ0v) is 14.8. The maximum absolute atomic E-state index is 13.0. The zero-order chi connectivity index (χ0) is 19.1. The van der Waals surface area contributed by atoms with E-state index in [-0.39, 0.29) is 23.1 Å². The minimum Gasteiger partial charge on any atom is -0.463 e. The Morgan fingerprint density at radius 3 is 2.96 bits per heavy atom. The average molecular weight is 370 g/mol. The van der Waals surface area contributed by atoms with Crippen molar-refractivity contribution in [3.8, 4) is 0 Å². The summed E-state index contributed by atoms with van der Waals surface area (Å²) in [6.07, 6.45) is 4.49. The molecule has 0 radical (unpaired) electrons. The van der Waals surface area contributed by atoms with Crippen molar-refractivity contribution in [1.29, 1.82) is 0 Å². The number of pyridine rings is 1. The lowest BCUT2D eigenvalue weighted by molar-refractivity contribution is -0.132. The highest BCUT2D eigenvalue weighted by Crippen LogP contribution is 2.31. The van der Waals surface area contributed by atoms with Crippen LogP contribution >= 0.6 is 0 Å². The van der Waals surface area contributed by atoms with Crippen LogP contribution < -0.4 is 10.9 Å². The maximum Gasteiger partial charge on any atom is 0.375 e. The van der Waals surface area contributed by atoms with Gasteiger partial charge in [-0.05, 0) is 18.2 Å². The summed E-state index contributed by atoms with van der Waals surface area (Å²) in [5, 5.41) is 2.66. The molecule has 140 valence electrons. The number of fused-ring (bicyclic) bond motifs is 4. The monoisotopic (exact) mass is 370 g/mol. The van der Waals surface area contributed by atoms with Crippen LogP contribution in [0, 0.1) is 0 Å². The van der Waals surface area contributed by atoms with Crippen LogP contribution in [0.4, 0.5) is 10.5 Å². The molecular formula is C17H18N6O4. The number of urea groups is 1. The number of rotatable bonds is 2. The van der Waals surface area contributed by atoms with Gasteiger partial charge in [0.15, 0.2) is 6.17 Å². The number of hydrogen-bond acceptors (Lipinski definition) is 7. The third kappa shape index (κ3) is 2.83. The number of aryl methyl sites for hydroxylation is 1. The van der Waals surface area contributed by atoms with Gasteiger partial charge in [-0.1, -0.05) is 0 Å². The third-order valence-electron chi connectivity index (χ3n) is 4.78. The molecule has 3 aliphatic heterocycles. The summed E-state index contributed by atoms with van der Waals surface area (Å²) in [6.45, 7) is 1.22. The molecule has 27 heavy (non-hydrogen) atoms. The Morgan fingerprint density at radius 1 is 1.37 bits per heavy atom. The normalized spacial score (nSPS) is 25.4. The number of nitrogens with one attached hydrogen (secondary N) is 1. The van der Waals surface area contributed by atoms with Gasteiger partial charge in [-0.25, -0.2) is 19.6 Å². The predicted octanol–water partition coefficient (Wildman–Crippen LogP) is -0.217. The first-order valence-corrected chi connectivity index (χ1v) is 8.39. The third-order valence-corrected chi connectivity index (χ3v) is 4.78. The molecule has 10 heteroatoms. The molecule has 3 aliphatic rings. The van der Waals surface area contributed by atoms with Crippen molar-refractivity contribution in [2.45, 2.75) is 12.2 Å². The number of ether oxygens (including phenoxy) is 1. The highest BCUT2D eigenvalue weighted by atomic mass is 16.5. The summed E-state index contributed by atoms with van der Waals surface area (Å²) < 4.78 is 6.07. The van der Waals surface area contributed by atoms with Crippen LogP contribution in [-0.2, 0) is 16.6 Å². The first kappa shape index (κ1) is 17.2. The van der Waals surface area contributed by atoms with Gasteiger partial charge in [-0.2, -0.15) is 0 Å². The lowest BCUT2D eigenvalue weighted by Gasteiger charge is -2.42. The Labute approximate surface area is 154 Å². The summed E-state index contributed by atoms with van der Waals surface area (Å²) in [5.74, 6) is -0.751. The van der Waals surface area contributed by atoms with Gasteiger partial charge < -0.3 is 14.6 Å². The van der Waals surface area contributed by atoms with E-state index in [2.05, 4.69) is 24.9 Å². The molecule has 1 N–H and O–H groups in total. The van der Waals surface area contributed by atoms with Gasteiger partial charge in [-0.15, -0.1) is 0 Å². The molecule has 4 rings (SSSR count). The lowest BCUT2D eigenvalue weighted by Crippen LogP contribution is -2.59. The summed E-state index contributed by atoms with van der Waals surface area (Å²) in [7, 11) is 2.86. The topological polar surface area (TPSA) is 109 Å². The second-order valence-electron chi connectivity index (χ2n) is 6.39.